The molecule has 0 fully saturated rings. The monoisotopic (exact) mass is 281 g/mol. The largest absolute Gasteiger partial charge is 0.357 e. The van der Waals surface area contributed by atoms with Gasteiger partial charge in [-0.3, -0.25) is 10.1 Å². The summed E-state index contributed by atoms with van der Waals surface area (Å²) in [6.45, 7) is 0. The molecular formula is C11H9F2N5O2. The molecule has 9 heteroatoms. The number of nitro groups is 1. The molecular weight excluding hydrogens is 272 g/mol. The highest BCUT2D eigenvalue weighted by Crippen LogP contribution is 2.27. The lowest BCUT2D eigenvalue weighted by Gasteiger charge is -2.08. The number of nitrogens with zero attached hydrogens (tertiary/aromatic N) is 3. The van der Waals surface area contributed by atoms with Crippen molar-refractivity contribution in [1.29, 1.82) is 0 Å². The van der Waals surface area contributed by atoms with E-state index >= 15 is 0 Å². The van der Waals surface area contributed by atoms with Gasteiger partial charge < -0.3 is 10.6 Å². The molecule has 0 saturated carbocycles. The first-order valence-electron chi connectivity index (χ1n) is 5.42. The summed E-state index contributed by atoms with van der Waals surface area (Å²) in [7, 11) is 1.52. The van der Waals surface area contributed by atoms with Crippen LogP contribution in [0, 0.1) is 21.7 Å². The Kier molecular flexibility index (Phi) is 3.69. The van der Waals surface area contributed by atoms with E-state index in [-0.39, 0.29) is 17.5 Å². The zero-order valence-electron chi connectivity index (χ0n) is 10.2. The van der Waals surface area contributed by atoms with Gasteiger partial charge in [0.2, 0.25) is 11.8 Å². The van der Waals surface area contributed by atoms with Crippen LogP contribution in [-0.4, -0.2) is 21.9 Å². The fraction of sp³-hybridized carbons (Fsp3) is 0.0909. The predicted molar refractivity (Wildman–Crippen MR) is 67.9 cm³/mol. The Balaban J connectivity index is 2.45. The van der Waals surface area contributed by atoms with E-state index in [4.69, 9.17) is 0 Å². The summed E-state index contributed by atoms with van der Waals surface area (Å²) in [5.74, 6) is -1.57. The minimum absolute atomic E-state index is 0.106. The van der Waals surface area contributed by atoms with Crippen LogP contribution in [0.4, 0.5) is 31.9 Å². The zero-order valence-corrected chi connectivity index (χ0v) is 10.2. The van der Waals surface area contributed by atoms with Gasteiger partial charge in [0.25, 0.3) is 0 Å². The summed E-state index contributed by atoms with van der Waals surface area (Å²) in [4.78, 5) is 17.6. The van der Waals surface area contributed by atoms with Crippen LogP contribution < -0.4 is 10.6 Å². The summed E-state index contributed by atoms with van der Waals surface area (Å²) in [5, 5.41) is 15.8. The summed E-state index contributed by atoms with van der Waals surface area (Å²) < 4.78 is 26.6. The van der Waals surface area contributed by atoms with E-state index in [0.29, 0.717) is 0 Å². The second-order valence-corrected chi connectivity index (χ2v) is 3.68. The Hall–Kier alpha value is -2.84. The molecule has 2 N–H and O–H groups in total. The molecule has 2 aromatic rings. The maximum Gasteiger partial charge on any atom is 0.329 e. The van der Waals surface area contributed by atoms with E-state index in [9.17, 15) is 18.9 Å². The average molecular weight is 281 g/mol. The van der Waals surface area contributed by atoms with Gasteiger partial charge in [-0.05, 0) is 12.1 Å². The topological polar surface area (TPSA) is 93.0 Å². The van der Waals surface area contributed by atoms with Gasteiger partial charge in [-0.1, -0.05) is 0 Å². The van der Waals surface area contributed by atoms with Gasteiger partial charge in [-0.25, -0.2) is 13.8 Å². The molecule has 1 aromatic heterocycles. The van der Waals surface area contributed by atoms with E-state index in [1.807, 2.05) is 0 Å². The molecule has 20 heavy (non-hydrogen) atoms. The number of hydrogen-bond donors (Lipinski definition) is 2. The van der Waals surface area contributed by atoms with Crippen molar-refractivity contribution in [1.82, 2.24) is 9.97 Å². The van der Waals surface area contributed by atoms with Gasteiger partial charge in [-0.15, -0.1) is 0 Å². The van der Waals surface area contributed by atoms with Crippen LogP contribution in [0.5, 0.6) is 0 Å². The number of aromatic nitrogens is 2. The van der Waals surface area contributed by atoms with Gasteiger partial charge in [0.1, 0.15) is 17.8 Å². The molecule has 1 aromatic carbocycles. The van der Waals surface area contributed by atoms with E-state index in [1.54, 1.807) is 0 Å². The number of hydrogen-bond acceptors (Lipinski definition) is 6. The van der Waals surface area contributed by atoms with Crippen LogP contribution in [0.25, 0.3) is 0 Å². The Morgan fingerprint density at radius 1 is 1.35 bits per heavy atom. The second-order valence-electron chi connectivity index (χ2n) is 3.68. The van der Waals surface area contributed by atoms with Crippen LogP contribution in [0.3, 0.4) is 0 Å². The highest BCUT2D eigenvalue weighted by atomic mass is 19.1. The first-order chi connectivity index (χ1) is 9.51. The molecule has 1 heterocycles. The van der Waals surface area contributed by atoms with Crippen molar-refractivity contribution in [3.8, 4) is 0 Å². The highest BCUT2D eigenvalue weighted by molar-refractivity contribution is 5.66. The van der Waals surface area contributed by atoms with Crippen LogP contribution in [0.1, 0.15) is 0 Å². The molecule has 7 nitrogen and oxygen atoms in total. The van der Waals surface area contributed by atoms with Gasteiger partial charge in [0.05, 0.1) is 10.6 Å². The maximum atomic E-state index is 13.5. The standard InChI is InChI=1S/C11H9F2N5O2/c1-14-11-15-5-9(18(19)20)10(17-11)16-8-4-6(12)2-3-7(8)13/h2-5H,1H3,(H2,14,15,16,17). The smallest absolute Gasteiger partial charge is 0.329 e. The minimum atomic E-state index is -0.759. The molecule has 104 valence electrons. The number of rotatable bonds is 4. The van der Waals surface area contributed by atoms with E-state index in [2.05, 4.69) is 20.6 Å². The molecule has 0 spiro atoms. The van der Waals surface area contributed by atoms with Crippen molar-refractivity contribution < 1.29 is 13.7 Å². The zero-order chi connectivity index (χ0) is 14.7. The van der Waals surface area contributed by atoms with Crippen LogP contribution in [0.2, 0.25) is 0 Å². The predicted octanol–water partition coefficient (Wildman–Crippen LogP) is 2.45. The number of benzene rings is 1. The van der Waals surface area contributed by atoms with Gasteiger partial charge >= 0.3 is 5.69 Å². The van der Waals surface area contributed by atoms with E-state index in [0.717, 1.165) is 24.4 Å². The summed E-state index contributed by atoms with van der Waals surface area (Å²) >= 11 is 0. The minimum Gasteiger partial charge on any atom is -0.357 e. The lowest BCUT2D eigenvalue weighted by molar-refractivity contribution is -0.384. The summed E-state index contributed by atoms with van der Waals surface area (Å²) in [6, 6.07) is 2.72. The van der Waals surface area contributed by atoms with Crippen LogP contribution in [0.15, 0.2) is 24.4 Å². The van der Waals surface area contributed by atoms with Crippen LogP contribution >= 0.6 is 0 Å². The molecule has 0 radical (unpaired) electrons. The molecule has 0 aliphatic rings. The second kappa shape index (κ2) is 5.43. The first kappa shape index (κ1) is 13.6. The molecule has 2 rings (SSSR count). The van der Waals surface area contributed by atoms with Crippen LogP contribution in [-0.2, 0) is 0 Å². The third kappa shape index (κ3) is 2.76. The van der Waals surface area contributed by atoms with Crippen molar-refractivity contribution in [2.75, 3.05) is 17.7 Å². The lowest BCUT2D eigenvalue weighted by atomic mass is 10.3. The molecule has 0 saturated heterocycles. The lowest BCUT2D eigenvalue weighted by Crippen LogP contribution is -2.05. The van der Waals surface area contributed by atoms with E-state index in [1.165, 1.54) is 7.05 Å². The quantitative estimate of drug-likeness (QED) is 0.660. The highest BCUT2D eigenvalue weighted by Gasteiger charge is 2.18. The molecule has 0 bridgehead atoms. The number of anilines is 3. The molecule has 0 atom stereocenters. The van der Waals surface area contributed by atoms with Crippen molar-refractivity contribution in [2.45, 2.75) is 0 Å². The van der Waals surface area contributed by atoms with Crippen molar-refractivity contribution in [2.24, 2.45) is 0 Å². The average Bonchev–Trinajstić information content (AvgIpc) is 2.42. The normalized spacial score (nSPS) is 10.2. The Labute approximate surface area is 111 Å². The Bertz CT molecular complexity index is 665. The first-order valence-corrected chi connectivity index (χ1v) is 5.42. The van der Waals surface area contributed by atoms with Crippen molar-refractivity contribution in [3.05, 3.63) is 46.1 Å². The fourth-order valence-electron chi connectivity index (χ4n) is 1.44. The summed E-state index contributed by atoms with van der Waals surface area (Å²) in [5.41, 5.74) is -0.707. The molecule has 0 amide bonds. The SMILES string of the molecule is CNc1ncc([N+](=O)[O-])c(Nc2cc(F)ccc2F)n1. The van der Waals surface area contributed by atoms with Gasteiger partial charge in [-0.2, -0.15) is 4.98 Å². The third-order valence-electron chi connectivity index (χ3n) is 2.37. The van der Waals surface area contributed by atoms with Crippen molar-refractivity contribution >= 4 is 23.1 Å². The Morgan fingerprint density at radius 3 is 2.75 bits per heavy atom. The molecule has 0 aliphatic carbocycles. The summed E-state index contributed by atoms with van der Waals surface area (Å²) in [6.07, 6.45) is 0.971. The van der Waals surface area contributed by atoms with Gasteiger partial charge in [0.15, 0.2) is 0 Å². The fourth-order valence-corrected chi connectivity index (χ4v) is 1.44. The number of halogens is 2. The third-order valence-corrected chi connectivity index (χ3v) is 2.37. The van der Waals surface area contributed by atoms with Gasteiger partial charge in [0, 0.05) is 13.1 Å². The van der Waals surface area contributed by atoms with E-state index < -0.39 is 22.2 Å². The molecule has 0 unspecified atom stereocenters. The van der Waals surface area contributed by atoms with Crippen molar-refractivity contribution in [3.63, 3.8) is 0 Å². The molecule has 0 aliphatic heterocycles. The Morgan fingerprint density at radius 2 is 2.10 bits per heavy atom. The maximum absolute atomic E-state index is 13.5. The number of nitrogens with one attached hydrogen (secondary N) is 2.